The van der Waals surface area contributed by atoms with E-state index >= 15 is 0 Å². The number of Topliss-reactive ketones (excluding diaryl/α,β-unsaturated/α-hetero) is 1. The lowest BCUT2D eigenvalue weighted by Crippen LogP contribution is -1.91. The first-order chi connectivity index (χ1) is 8.25. The summed E-state index contributed by atoms with van der Waals surface area (Å²) in [6, 6.07) is 10.1. The first kappa shape index (κ1) is 12.3. The Labute approximate surface area is 109 Å². The maximum Gasteiger partial charge on any atom is 0.150 e. The number of thiazole rings is 1. The van der Waals surface area contributed by atoms with E-state index in [2.05, 4.69) is 22.5 Å². The van der Waals surface area contributed by atoms with E-state index in [1.54, 1.807) is 30.0 Å². The molecule has 0 atom stereocenters. The standard InChI is InChI=1S/C13H13NOS2/c1-10(15)7-8-16-13-14-12(9-17-13)11-5-3-2-4-6-11/h2-6,9H,7-8H2,1H3. The fourth-order valence-electron chi connectivity index (χ4n) is 1.35. The summed E-state index contributed by atoms with van der Waals surface area (Å²) in [6.07, 6.45) is 0.616. The Kier molecular flexibility index (Phi) is 4.34. The number of rotatable bonds is 5. The van der Waals surface area contributed by atoms with Crippen LogP contribution in [0.1, 0.15) is 13.3 Å². The summed E-state index contributed by atoms with van der Waals surface area (Å²) in [5.74, 6) is 1.05. The summed E-state index contributed by atoms with van der Waals surface area (Å²) in [6.45, 7) is 1.62. The zero-order valence-electron chi connectivity index (χ0n) is 9.55. The quantitative estimate of drug-likeness (QED) is 0.767. The van der Waals surface area contributed by atoms with Gasteiger partial charge in [0.05, 0.1) is 5.69 Å². The molecule has 2 aromatic rings. The van der Waals surface area contributed by atoms with Crippen LogP contribution in [0.3, 0.4) is 0 Å². The molecule has 0 amide bonds. The lowest BCUT2D eigenvalue weighted by molar-refractivity contribution is -0.116. The molecule has 1 heterocycles. The molecule has 2 rings (SSSR count). The molecule has 0 aliphatic rings. The summed E-state index contributed by atoms with van der Waals surface area (Å²) in [5.41, 5.74) is 2.16. The normalized spacial score (nSPS) is 10.4. The number of hydrogen-bond donors (Lipinski definition) is 0. The molecule has 1 aromatic heterocycles. The number of nitrogens with zero attached hydrogens (tertiary/aromatic N) is 1. The minimum absolute atomic E-state index is 0.234. The molecule has 88 valence electrons. The van der Waals surface area contributed by atoms with Crippen molar-refractivity contribution in [1.29, 1.82) is 0 Å². The molecule has 0 bridgehead atoms. The van der Waals surface area contributed by atoms with Crippen molar-refractivity contribution in [2.75, 3.05) is 5.75 Å². The van der Waals surface area contributed by atoms with Crippen molar-refractivity contribution in [3.05, 3.63) is 35.7 Å². The van der Waals surface area contributed by atoms with Gasteiger partial charge in [0.2, 0.25) is 0 Å². The largest absolute Gasteiger partial charge is 0.300 e. The van der Waals surface area contributed by atoms with Crippen LogP contribution in [0.2, 0.25) is 0 Å². The highest BCUT2D eigenvalue weighted by molar-refractivity contribution is 8.01. The highest BCUT2D eigenvalue weighted by Crippen LogP contribution is 2.28. The van der Waals surface area contributed by atoms with E-state index in [-0.39, 0.29) is 5.78 Å². The van der Waals surface area contributed by atoms with Crippen molar-refractivity contribution >= 4 is 28.9 Å². The maximum atomic E-state index is 10.8. The Morgan fingerprint density at radius 2 is 2.12 bits per heavy atom. The third-order valence-corrected chi connectivity index (χ3v) is 4.26. The van der Waals surface area contributed by atoms with Crippen molar-refractivity contribution in [3.63, 3.8) is 0 Å². The second kappa shape index (κ2) is 5.98. The third kappa shape index (κ3) is 3.68. The lowest BCUT2D eigenvalue weighted by Gasteiger charge is -1.95. The van der Waals surface area contributed by atoms with E-state index in [1.807, 2.05) is 18.2 Å². The molecule has 1 aromatic carbocycles. The Morgan fingerprint density at radius 3 is 2.82 bits per heavy atom. The molecule has 0 aliphatic carbocycles. The van der Waals surface area contributed by atoms with Crippen molar-refractivity contribution in [1.82, 2.24) is 4.98 Å². The van der Waals surface area contributed by atoms with Gasteiger partial charge in [0, 0.05) is 23.1 Å². The van der Waals surface area contributed by atoms with Gasteiger partial charge in [0.25, 0.3) is 0 Å². The second-order valence-electron chi connectivity index (χ2n) is 3.67. The topological polar surface area (TPSA) is 30.0 Å². The second-order valence-corrected chi connectivity index (χ2v) is 5.87. The third-order valence-electron chi connectivity index (χ3n) is 2.23. The Balaban J connectivity index is 1.99. The van der Waals surface area contributed by atoms with Crippen LogP contribution in [-0.2, 0) is 4.79 Å². The number of aromatic nitrogens is 1. The van der Waals surface area contributed by atoms with E-state index < -0.39 is 0 Å². The smallest absolute Gasteiger partial charge is 0.150 e. The van der Waals surface area contributed by atoms with Gasteiger partial charge in [0.1, 0.15) is 5.78 Å². The van der Waals surface area contributed by atoms with Gasteiger partial charge in [-0.15, -0.1) is 11.3 Å². The molecule has 2 nitrogen and oxygen atoms in total. The van der Waals surface area contributed by atoms with Gasteiger partial charge < -0.3 is 0 Å². The van der Waals surface area contributed by atoms with Crippen molar-refractivity contribution in [2.24, 2.45) is 0 Å². The molecule has 0 N–H and O–H groups in total. The van der Waals surface area contributed by atoms with E-state index in [9.17, 15) is 4.79 Å². The molecule has 0 unspecified atom stereocenters. The van der Waals surface area contributed by atoms with E-state index in [4.69, 9.17) is 0 Å². The van der Waals surface area contributed by atoms with Gasteiger partial charge in [-0.25, -0.2) is 4.98 Å². The average molecular weight is 263 g/mol. The Morgan fingerprint density at radius 1 is 1.35 bits per heavy atom. The van der Waals surface area contributed by atoms with Crippen LogP contribution < -0.4 is 0 Å². The van der Waals surface area contributed by atoms with Gasteiger partial charge in [-0.2, -0.15) is 0 Å². The zero-order valence-corrected chi connectivity index (χ0v) is 11.2. The number of hydrogen-bond acceptors (Lipinski definition) is 4. The number of carbonyl (C=O) groups is 1. The van der Waals surface area contributed by atoms with Crippen LogP contribution in [-0.4, -0.2) is 16.5 Å². The summed E-state index contributed by atoms with van der Waals surface area (Å²) in [7, 11) is 0. The van der Waals surface area contributed by atoms with Gasteiger partial charge in [-0.3, -0.25) is 4.79 Å². The molecular weight excluding hydrogens is 250 g/mol. The number of thioether (sulfide) groups is 1. The first-order valence-corrected chi connectivity index (χ1v) is 7.25. The number of benzene rings is 1. The number of ketones is 1. The molecule has 0 spiro atoms. The molecule has 0 aliphatic heterocycles. The monoisotopic (exact) mass is 263 g/mol. The van der Waals surface area contributed by atoms with Crippen LogP contribution >= 0.6 is 23.1 Å². The van der Waals surface area contributed by atoms with Crippen LogP contribution in [0, 0.1) is 0 Å². The van der Waals surface area contributed by atoms with E-state index in [1.165, 1.54) is 0 Å². The summed E-state index contributed by atoms with van der Waals surface area (Å²) in [5, 5.41) is 2.06. The summed E-state index contributed by atoms with van der Waals surface area (Å²) >= 11 is 3.29. The number of carbonyl (C=O) groups excluding carboxylic acids is 1. The van der Waals surface area contributed by atoms with Gasteiger partial charge in [0.15, 0.2) is 4.34 Å². The predicted molar refractivity (Wildman–Crippen MR) is 73.6 cm³/mol. The van der Waals surface area contributed by atoms with Gasteiger partial charge >= 0.3 is 0 Å². The van der Waals surface area contributed by atoms with Crippen molar-refractivity contribution < 1.29 is 4.79 Å². The van der Waals surface area contributed by atoms with Crippen LogP contribution in [0.25, 0.3) is 11.3 Å². The van der Waals surface area contributed by atoms with Crippen LogP contribution in [0.15, 0.2) is 40.1 Å². The lowest BCUT2D eigenvalue weighted by atomic mass is 10.2. The summed E-state index contributed by atoms with van der Waals surface area (Å²) < 4.78 is 1.03. The molecule has 17 heavy (non-hydrogen) atoms. The highest BCUT2D eigenvalue weighted by atomic mass is 32.2. The SMILES string of the molecule is CC(=O)CCSc1nc(-c2ccccc2)cs1. The van der Waals surface area contributed by atoms with Crippen molar-refractivity contribution in [2.45, 2.75) is 17.7 Å². The zero-order chi connectivity index (χ0) is 12.1. The fourth-order valence-corrected chi connectivity index (χ4v) is 3.29. The predicted octanol–water partition coefficient (Wildman–Crippen LogP) is 3.88. The van der Waals surface area contributed by atoms with E-state index in [0.717, 1.165) is 21.3 Å². The molecule has 4 heteroatoms. The van der Waals surface area contributed by atoms with Crippen LogP contribution in [0.5, 0.6) is 0 Å². The van der Waals surface area contributed by atoms with Gasteiger partial charge in [-0.1, -0.05) is 42.1 Å². The molecule has 0 saturated heterocycles. The highest BCUT2D eigenvalue weighted by Gasteiger charge is 2.04. The van der Waals surface area contributed by atoms with Crippen molar-refractivity contribution in [3.8, 4) is 11.3 Å². The fraction of sp³-hybridized carbons (Fsp3) is 0.231. The Bertz CT molecular complexity index is 493. The molecule has 0 fully saturated rings. The summed E-state index contributed by atoms with van der Waals surface area (Å²) in [4.78, 5) is 15.4. The molecule has 0 radical (unpaired) electrons. The van der Waals surface area contributed by atoms with Crippen LogP contribution in [0.4, 0.5) is 0 Å². The minimum Gasteiger partial charge on any atom is -0.300 e. The molecular formula is C13H13NOS2. The van der Waals surface area contributed by atoms with E-state index in [0.29, 0.717) is 6.42 Å². The van der Waals surface area contributed by atoms with Gasteiger partial charge in [-0.05, 0) is 6.92 Å². The Hall–Kier alpha value is -1.13. The first-order valence-electron chi connectivity index (χ1n) is 5.39. The minimum atomic E-state index is 0.234. The molecule has 0 saturated carbocycles. The maximum absolute atomic E-state index is 10.8. The average Bonchev–Trinajstić information content (AvgIpc) is 2.78.